The molecule has 1 amide bonds. The van der Waals surface area contributed by atoms with Gasteiger partial charge in [0.15, 0.2) is 0 Å². The molecule has 6 heteroatoms. The lowest BCUT2D eigenvalue weighted by atomic mass is 9.71. The summed E-state index contributed by atoms with van der Waals surface area (Å²) in [5, 5.41) is 10.7. The lowest BCUT2D eigenvalue weighted by molar-refractivity contribution is -0.141. The van der Waals surface area contributed by atoms with Crippen molar-refractivity contribution in [1.29, 1.82) is 0 Å². The zero-order valence-electron chi connectivity index (χ0n) is 16.2. The third-order valence-electron chi connectivity index (χ3n) is 5.85. The number of benzene rings is 1. The van der Waals surface area contributed by atoms with E-state index in [4.69, 9.17) is 16.3 Å². The first kappa shape index (κ1) is 20.0. The van der Waals surface area contributed by atoms with E-state index in [1.54, 1.807) is 29.2 Å². The van der Waals surface area contributed by atoms with Gasteiger partial charge in [0.25, 0.3) is 0 Å². The number of aliphatic carboxylic acids is 1. The van der Waals surface area contributed by atoms with Crippen molar-refractivity contribution < 1.29 is 19.4 Å². The molecular formula is C21H28ClNO4. The number of carboxylic acids is 1. The lowest BCUT2D eigenvalue weighted by Gasteiger charge is -2.39. The standard InChI is InChI=1S/C21H28ClNO4/c1-20(2,3)27-19(26)23-13-12-21(10-4-5-11-21)17(23)16(18(24)25)14-6-8-15(22)9-7-14/h6-9,16-17H,4-5,10-13H2,1-3H3,(H,24,25)/t16?,17-/m1/s1. The third kappa shape index (κ3) is 4.08. The van der Waals surface area contributed by atoms with E-state index < -0.39 is 29.6 Å². The molecule has 1 aromatic rings. The summed E-state index contributed by atoms with van der Waals surface area (Å²) in [7, 11) is 0. The molecule has 1 spiro atoms. The fourth-order valence-corrected chi connectivity index (χ4v) is 4.90. The van der Waals surface area contributed by atoms with Gasteiger partial charge >= 0.3 is 12.1 Å². The molecule has 1 aliphatic heterocycles. The Balaban J connectivity index is 2.01. The minimum Gasteiger partial charge on any atom is -0.481 e. The van der Waals surface area contributed by atoms with E-state index in [2.05, 4.69) is 0 Å². The summed E-state index contributed by atoms with van der Waals surface area (Å²) in [5.74, 6) is -1.71. The summed E-state index contributed by atoms with van der Waals surface area (Å²) >= 11 is 6.00. The van der Waals surface area contributed by atoms with Crippen LogP contribution in [0, 0.1) is 5.41 Å². The zero-order valence-corrected chi connectivity index (χ0v) is 17.0. The molecule has 3 rings (SSSR count). The second-order valence-corrected chi connectivity index (χ2v) is 9.24. The van der Waals surface area contributed by atoms with Crippen LogP contribution in [0.3, 0.4) is 0 Å². The van der Waals surface area contributed by atoms with Crippen molar-refractivity contribution in [3.63, 3.8) is 0 Å². The van der Waals surface area contributed by atoms with Gasteiger partial charge in [0.1, 0.15) is 11.5 Å². The largest absolute Gasteiger partial charge is 0.481 e. The van der Waals surface area contributed by atoms with E-state index in [1.165, 1.54) is 0 Å². The highest BCUT2D eigenvalue weighted by Gasteiger charge is 2.56. The summed E-state index contributed by atoms with van der Waals surface area (Å²) in [6, 6.07) is 6.53. The Morgan fingerprint density at radius 1 is 1.19 bits per heavy atom. The van der Waals surface area contributed by atoms with Crippen LogP contribution in [0.15, 0.2) is 24.3 Å². The summed E-state index contributed by atoms with van der Waals surface area (Å²) in [6.07, 6.45) is 4.46. The average molecular weight is 394 g/mol. The molecule has 1 unspecified atom stereocenters. The highest BCUT2D eigenvalue weighted by atomic mass is 35.5. The minimum absolute atomic E-state index is 0.153. The number of carbonyl (C=O) groups excluding carboxylic acids is 1. The Morgan fingerprint density at radius 2 is 1.78 bits per heavy atom. The highest BCUT2D eigenvalue weighted by Crippen LogP contribution is 2.54. The molecule has 2 atom stereocenters. The summed E-state index contributed by atoms with van der Waals surface area (Å²) < 4.78 is 5.61. The fraction of sp³-hybridized carbons (Fsp3) is 0.619. The van der Waals surface area contributed by atoms with Crippen molar-refractivity contribution in [1.82, 2.24) is 4.90 Å². The maximum Gasteiger partial charge on any atom is 0.410 e. The van der Waals surface area contributed by atoms with Gasteiger partial charge in [-0.05, 0) is 63.1 Å². The average Bonchev–Trinajstić information content (AvgIpc) is 3.17. The lowest BCUT2D eigenvalue weighted by Crippen LogP contribution is -2.49. The van der Waals surface area contributed by atoms with Crippen LogP contribution in [0.2, 0.25) is 5.02 Å². The van der Waals surface area contributed by atoms with Gasteiger partial charge in [0.2, 0.25) is 0 Å². The molecule has 2 aliphatic rings. The topological polar surface area (TPSA) is 66.8 Å². The van der Waals surface area contributed by atoms with Gasteiger partial charge < -0.3 is 14.7 Å². The van der Waals surface area contributed by atoms with E-state index in [0.717, 1.165) is 32.1 Å². The summed E-state index contributed by atoms with van der Waals surface area (Å²) in [4.78, 5) is 26.9. The van der Waals surface area contributed by atoms with Crippen LogP contribution in [0.4, 0.5) is 4.79 Å². The van der Waals surface area contributed by atoms with Gasteiger partial charge in [-0.2, -0.15) is 0 Å². The predicted octanol–water partition coefficient (Wildman–Crippen LogP) is 5.08. The Bertz CT molecular complexity index is 704. The number of halogens is 1. The van der Waals surface area contributed by atoms with Gasteiger partial charge in [0, 0.05) is 11.6 Å². The van der Waals surface area contributed by atoms with Crippen LogP contribution < -0.4 is 0 Å². The van der Waals surface area contributed by atoms with Crippen molar-refractivity contribution in [2.45, 2.75) is 70.4 Å². The fourth-order valence-electron chi connectivity index (χ4n) is 4.77. The molecule has 1 saturated heterocycles. The molecule has 1 saturated carbocycles. The quantitative estimate of drug-likeness (QED) is 0.777. The normalized spacial score (nSPS) is 22.8. The zero-order chi connectivity index (χ0) is 19.8. The number of hydrogen-bond donors (Lipinski definition) is 1. The van der Waals surface area contributed by atoms with E-state index >= 15 is 0 Å². The minimum atomic E-state index is -0.913. The summed E-state index contributed by atoms with van der Waals surface area (Å²) in [6.45, 7) is 6.02. The summed E-state index contributed by atoms with van der Waals surface area (Å²) in [5.41, 5.74) is -0.0929. The molecule has 5 nitrogen and oxygen atoms in total. The molecule has 2 fully saturated rings. The first-order chi connectivity index (χ1) is 12.6. The predicted molar refractivity (Wildman–Crippen MR) is 104 cm³/mol. The van der Waals surface area contributed by atoms with Crippen LogP contribution >= 0.6 is 11.6 Å². The molecule has 0 radical (unpaired) electrons. The second-order valence-electron chi connectivity index (χ2n) is 8.81. The Hall–Kier alpha value is -1.75. The molecule has 1 heterocycles. The molecule has 1 N–H and O–H groups in total. The molecule has 1 aliphatic carbocycles. The van der Waals surface area contributed by atoms with Crippen molar-refractivity contribution >= 4 is 23.7 Å². The first-order valence-corrected chi connectivity index (χ1v) is 9.99. The van der Waals surface area contributed by atoms with Crippen molar-refractivity contribution in [3.05, 3.63) is 34.9 Å². The van der Waals surface area contributed by atoms with Crippen LogP contribution in [0.25, 0.3) is 0 Å². The third-order valence-corrected chi connectivity index (χ3v) is 6.10. The number of amides is 1. The van der Waals surface area contributed by atoms with E-state index in [9.17, 15) is 14.7 Å². The number of rotatable bonds is 3. The van der Waals surface area contributed by atoms with Crippen molar-refractivity contribution in [2.24, 2.45) is 5.41 Å². The maximum absolute atomic E-state index is 12.9. The number of carbonyl (C=O) groups is 2. The SMILES string of the molecule is CC(C)(C)OC(=O)N1CCC2(CCCC2)[C@H]1C(C(=O)O)c1ccc(Cl)cc1. The van der Waals surface area contributed by atoms with E-state index in [1.807, 2.05) is 20.8 Å². The van der Waals surface area contributed by atoms with Gasteiger partial charge in [0.05, 0.1) is 6.04 Å². The van der Waals surface area contributed by atoms with Gasteiger partial charge in [-0.1, -0.05) is 36.6 Å². The molecule has 1 aromatic carbocycles. The maximum atomic E-state index is 12.9. The Kier molecular flexibility index (Phi) is 5.44. The van der Waals surface area contributed by atoms with Gasteiger partial charge in [-0.3, -0.25) is 4.79 Å². The number of likely N-dealkylation sites (tertiary alicyclic amines) is 1. The molecule has 148 valence electrons. The van der Waals surface area contributed by atoms with Gasteiger partial charge in [-0.25, -0.2) is 4.79 Å². The van der Waals surface area contributed by atoms with Crippen LogP contribution in [0.1, 0.15) is 64.4 Å². The first-order valence-electron chi connectivity index (χ1n) is 9.61. The number of nitrogens with zero attached hydrogens (tertiary/aromatic N) is 1. The van der Waals surface area contributed by atoms with Crippen molar-refractivity contribution in [3.8, 4) is 0 Å². The molecule has 0 aromatic heterocycles. The van der Waals surface area contributed by atoms with Crippen molar-refractivity contribution in [2.75, 3.05) is 6.54 Å². The number of hydrogen-bond acceptors (Lipinski definition) is 3. The molecular weight excluding hydrogens is 366 g/mol. The van der Waals surface area contributed by atoms with Crippen LogP contribution in [-0.2, 0) is 9.53 Å². The van der Waals surface area contributed by atoms with Crippen LogP contribution in [-0.4, -0.2) is 40.3 Å². The monoisotopic (exact) mass is 393 g/mol. The number of carboxylic acid groups (broad SMARTS) is 1. The second kappa shape index (κ2) is 7.34. The Labute approximate surface area is 165 Å². The smallest absolute Gasteiger partial charge is 0.410 e. The Morgan fingerprint density at radius 3 is 2.30 bits per heavy atom. The number of ether oxygens (including phenoxy) is 1. The van der Waals surface area contributed by atoms with Gasteiger partial charge in [-0.15, -0.1) is 0 Å². The van der Waals surface area contributed by atoms with Crippen LogP contribution in [0.5, 0.6) is 0 Å². The highest BCUT2D eigenvalue weighted by molar-refractivity contribution is 6.30. The van der Waals surface area contributed by atoms with E-state index in [0.29, 0.717) is 17.1 Å². The molecule has 27 heavy (non-hydrogen) atoms. The van der Waals surface area contributed by atoms with E-state index in [-0.39, 0.29) is 5.41 Å². The molecule has 0 bridgehead atoms.